The molecular weight excluding hydrogens is 440 g/mol. The van der Waals surface area contributed by atoms with E-state index in [1.165, 1.54) is 16.7 Å². The number of imidazole rings is 1. The summed E-state index contributed by atoms with van der Waals surface area (Å²) in [6.45, 7) is 9.45. The first kappa shape index (κ1) is 23.1. The maximum Gasteiger partial charge on any atom is 0.327 e. The number of nitrogens with zero attached hydrogens (tertiary/aromatic N) is 5. The summed E-state index contributed by atoms with van der Waals surface area (Å²) >= 11 is 0. The summed E-state index contributed by atoms with van der Waals surface area (Å²) in [4.78, 5) is 14.1. The van der Waals surface area contributed by atoms with Crippen molar-refractivity contribution in [3.63, 3.8) is 0 Å². The van der Waals surface area contributed by atoms with E-state index in [1.54, 1.807) is 20.5 Å². The van der Waals surface area contributed by atoms with Crippen molar-refractivity contribution in [3.05, 3.63) is 65.0 Å². The van der Waals surface area contributed by atoms with Gasteiger partial charge in [-0.3, -0.25) is 0 Å². The lowest BCUT2D eigenvalue weighted by atomic mass is 9.85. The molecule has 1 aliphatic heterocycles. The number of H-pyrrole nitrogens is 1. The number of rotatable bonds is 6. The van der Waals surface area contributed by atoms with Crippen molar-refractivity contribution in [2.75, 3.05) is 14.2 Å². The summed E-state index contributed by atoms with van der Waals surface area (Å²) < 4.78 is 15.4. The largest absolute Gasteiger partial charge is 0.496 e. The van der Waals surface area contributed by atoms with Gasteiger partial charge in [0.2, 0.25) is 5.88 Å². The molecule has 0 fully saturated rings. The van der Waals surface area contributed by atoms with Gasteiger partial charge in [0.15, 0.2) is 0 Å². The molecule has 0 unspecified atom stereocenters. The summed E-state index contributed by atoms with van der Waals surface area (Å²) in [5, 5.41) is 3.49. The van der Waals surface area contributed by atoms with Gasteiger partial charge in [0.25, 0.3) is 0 Å². The van der Waals surface area contributed by atoms with E-state index in [0.717, 1.165) is 53.9 Å². The third kappa shape index (κ3) is 4.17. The molecule has 8 heteroatoms. The fourth-order valence-electron chi connectivity index (χ4n) is 5.00. The number of aromatic nitrogens is 6. The third-order valence-electron chi connectivity index (χ3n) is 6.81. The van der Waals surface area contributed by atoms with Crippen LogP contribution in [0.3, 0.4) is 0 Å². The van der Waals surface area contributed by atoms with Crippen molar-refractivity contribution in [1.82, 2.24) is 24.6 Å². The highest BCUT2D eigenvalue weighted by Crippen LogP contribution is 2.37. The number of benzene rings is 1. The predicted molar refractivity (Wildman–Crippen MR) is 133 cm³/mol. The van der Waals surface area contributed by atoms with Crippen molar-refractivity contribution < 1.29 is 14.2 Å². The highest BCUT2D eigenvalue weighted by atomic mass is 16.5. The minimum atomic E-state index is 0.215. The highest BCUT2D eigenvalue weighted by Gasteiger charge is 2.35. The van der Waals surface area contributed by atoms with Crippen LogP contribution in [0.1, 0.15) is 66.7 Å². The molecule has 182 valence electrons. The molecule has 0 saturated heterocycles. The maximum absolute atomic E-state index is 5.67. The maximum atomic E-state index is 5.67. The van der Waals surface area contributed by atoms with Crippen LogP contribution in [0.4, 0.5) is 0 Å². The normalized spacial score (nSPS) is 15.3. The standard InChI is InChI=1S/C27H32N6O2/c1-16(2)20-13-21(17(3)12-24(20)34-5)19-8-7-11-33-26(19)30-25(31-33)22-9-10-23(27(29-22)35-6)32-14-18(4)28-15-32/h9-10,12-16,19H,7-8,11H2,1-6H3/p+1/t19-/m0/s1. The van der Waals surface area contributed by atoms with Gasteiger partial charge in [-0.15, -0.1) is 0 Å². The van der Waals surface area contributed by atoms with Crippen molar-refractivity contribution >= 4 is 0 Å². The summed E-state index contributed by atoms with van der Waals surface area (Å²) in [7, 11) is 3.38. The average molecular weight is 474 g/mol. The van der Waals surface area contributed by atoms with Gasteiger partial charge in [-0.05, 0) is 72.5 Å². The zero-order valence-electron chi connectivity index (χ0n) is 21.3. The predicted octanol–water partition coefficient (Wildman–Crippen LogP) is 4.63. The highest BCUT2D eigenvalue weighted by molar-refractivity contribution is 5.55. The molecule has 0 spiro atoms. The smallest absolute Gasteiger partial charge is 0.327 e. The van der Waals surface area contributed by atoms with E-state index >= 15 is 0 Å². The SMILES string of the molecule is COc1cc(C)c([C@@H]2CCC[n+]3[nH]c(-c4ccc(-n5cnc(C)c5)c(OC)n4)nc32)cc1C(C)C. The van der Waals surface area contributed by atoms with Crippen molar-refractivity contribution in [2.24, 2.45) is 0 Å². The summed E-state index contributed by atoms with van der Waals surface area (Å²) in [6.07, 6.45) is 5.86. The topological polar surface area (TPSA) is 81.7 Å². The van der Waals surface area contributed by atoms with E-state index in [9.17, 15) is 0 Å². The molecule has 8 nitrogen and oxygen atoms in total. The number of fused-ring (bicyclic) bond motifs is 1. The fourth-order valence-corrected chi connectivity index (χ4v) is 5.00. The van der Waals surface area contributed by atoms with Gasteiger partial charge >= 0.3 is 11.6 Å². The number of hydrogen-bond donors (Lipinski definition) is 1. The molecule has 1 aliphatic rings. The fraction of sp³-hybridized carbons (Fsp3) is 0.407. The zero-order chi connectivity index (χ0) is 24.7. The molecule has 5 rings (SSSR count). The first-order chi connectivity index (χ1) is 16.9. The van der Waals surface area contributed by atoms with Crippen molar-refractivity contribution in [1.29, 1.82) is 0 Å². The lowest BCUT2D eigenvalue weighted by Crippen LogP contribution is -2.44. The lowest BCUT2D eigenvalue weighted by molar-refractivity contribution is -0.762. The van der Waals surface area contributed by atoms with Crippen molar-refractivity contribution in [3.8, 4) is 28.8 Å². The van der Waals surface area contributed by atoms with Crippen LogP contribution in [0.25, 0.3) is 17.2 Å². The molecule has 0 saturated carbocycles. The van der Waals surface area contributed by atoms with Crippen LogP contribution in [-0.4, -0.2) is 38.8 Å². The van der Waals surface area contributed by atoms with Gasteiger partial charge < -0.3 is 14.0 Å². The zero-order valence-corrected chi connectivity index (χ0v) is 21.3. The van der Waals surface area contributed by atoms with E-state index in [0.29, 0.717) is 11.8 Å². The first-order valence-electron chi connectivity index (χ1n) is 12.1. The van der Waals surface area contributed by atoms with Gasteiger partial charge in [-0.2, -0.15) is 9.78 Å². The molecule has 1 atom stereocenters. The second-order valence-electron chi connectivity index (χ2n) is 9.53. The molecule has 1 N–H and O–H groups in total. The minimum absolute atomic E-state index is 0.215. The Morgan fingerprint density at radius 3 is 2.63 bits per heavy atom. The average Bonchev–Trinajstić information content (AvgIpc) is 3.49. The summed E-state index contributed by atoms with van der Waals surface area (Å²) in [5.74, 6) is 3.87. The van der Waals surface area contributed by atoms with E-state index in [4.69, 9.17) is 19.4 Å². The number of methoxy groups -OCH3 is 2. The van der Waals surface area contributed by atoms with Gasteiger partial charge in [-0.1, -0.05) is 19.9 Å². The molecule has 4 aromatic rings. The Bertz CT molecular complexity index is 1370. The number of hydrogen-bond acceptors (Lipinski definition) is 5. The summed E-state index contributed by atoms with van der Waals surface area (Å²) in [5.41, 5.74) is 6.31. The second kappa shape index (κ2) is 9.17. The Balaban J connectivity index is 1.54. The van der Waals surface area contributed by atoms with E-state index < -0.39 is 0 Å². The van der Waals surface area contributed by atoms with Gasteiger partial charge in [0.1, 0.15) is 23.7 Å². The molecule has 4 heterocycles. The van der Waals surface area contributed by atoms with Gasteiger partial charge in [0.05, 0.1) is 32.2 Å². The number of ether oxygens (including phenoxy) is 2. The van der Waals surface area contributed by atoms with Crippen LogP contribution in [0.5, 0.6) is 11.6 Å². The van der Waals surface area contributed by atoms with Gasteiger partial charge in [-0.25, -0.2) is 9.97 Å². The van der Waals surface area contributed by atoms with Crippen molar-refractivity contribution in [2.45, 2.75) is 58.9 Å². The van der Waals surface area contributed by atoms with Crippen LogP contribution < -0.4 is 14.2 Å². The number of nitrogens with one attached hydrogen (secondary N) is 1. The van der Waals surface area contributed by atoms with E-state index in [2.05, 4.69) is 47.7 Å². The molecule has 0 aliphatic carbocycles. The molecule has 0 amide bonds. The summed E-state index contributed by atoms with van der Waals surface area (Å²) in [6, 6.07) is 8.45. The Morgan fingerprint density at radius 2 is 1.94 bits per heavy atom. The molecule has 0 bridgehead atoms. The third-order valence-corrected chi connectivity index (χ3v) is 6.81. The van der Waals surface area contributed by atoms with Crippen LogP contribution in [-0.2, 0) is 6.54 Å². The Kier molecular flexibility index (Phi) is 6.05. The Labute approximate surface area is 206 Å². The number of aryl methyl sites for hydroxylation is 3. The second-order valence-corrected chi connectivity index (χ2v) is 9.53. The van der Waals surface area contributed by atoms with E-state index in [1.807, 2.05) is 29.8 Å². The number of pyridine rings is 1. The molecule has 0 radical (unpaired) electrons. The van der Waals surface area contributed by atoms with E-state index in [-0.39, 0.29) is 5.92 Å². The molecule has 35 heavy (non-hydrogen) atoms. The Hall–Kier alpha value is -3.68. The lowest BCUT2D eigenvalue weighted by Gasteiger charge is -2.22. The van der Waals surface area contributed by atoms with Crippen LogP contribution in [0.15, 0.2) is 36.8 Å². The van der Waals surface area contributed by atoms with Crippen LogP contribution >= 0.6 is 0 Å². The molecular formula is C27H33N6O2+. The first-order valence-corrected chi connectivity index (χ1v) is 12.1. The van der Waals surface area contributed by atoms with Crippen LogP contribution in [0.2, 0.25) is 0 Å². The quantitative estimate of drug-likeness (QED) is 0.413. The Morgan fingerprint density at radius 1 is 1.11 bits per heavy atom. The monoisotopic (exact) mass is 473 g/mol. The van der Waals surface area contributed by atoms with Crippen LogP contribution in [0, 0.1) is 13.8 Å². The molecule has 1 aromatic carbocycles. The minimum Gasteiger partial charge on any atom is -0.496 e. The van der Waals surface area contributed by atoms with Gasteiger partial charge in [0, 0.05) is 6.20 Å². The number of aromatic amines is 1. The molecule has 3 aromatic heterocycles.